The number of fused-ring (bicyclic) bond motifs is 1. The molecule has 0 bridgehead atoms. The van der Waals surface area contributed by atoms with Crippen molar-refractivity contribution in [2.45, 2.75) is 71.1 Å². The Labute approximate surface area is 255 Å². The number of alkyl carbamates (subject to hydrolysis) is 1. The maximum absolute atomic E-state index is 12.6. The van der Waals surface area contributed by atoms with E-state index in [9.17, 15) is 13.2 Å². The van der Waals surface area contributed by atoms with E-state index >= 15 is 0 Å². The third kappa shape index (κ3) is 8.74. The fourth-order valence-electron chi connectivity index (χ4n) is 4.78. The van der Waals surface area contributed by atoms with Gasteiger partial charge in [-0.05, 0) is 30.7 Å². The molecule has 1 fully saturated rings. The summed E-state index contributed by atoms with van der Waals surface area (Å²) in [6, 6.07) is 8.55. The average Bonchev–Trinajstić information content (AvgIpc) is 3.33. The fourth-order valence-corrected chi connectivity index (χ4v) is 6.34. The van der Waals surface area contributed by atoms with Crippen LogP contribution >= 0.6 is 0 Å². The third-order valence-corrected chi connectivity index (χ3v) is 10.7. The molecule has 43 heavy (non-hydrogen) atoms. The number of aromatic nitrogens is 4. The van der Waals surface area contributed by atoms with Gasteiger partial charge in [0.1, 0.15) is 24.8 Å². The normalized spacial score (nSPS) is 16.0. The molecule has 0 radical (unpaired) electrons. The van der Waals surface area contributed by atoms with Gasteiger partial charge in [-0.25, -0.2) is 28.2 Å². The van der Waals surface area contributed by atoms with Gasteiger partial charge in [0, 0.05) is 40.1 Å². The summed E-state index contributed by atoms with van der Waals surface area (Å²) < 4.78 is 44.2. The molecule has 3 aromatic heterocycles. The van der Waals surface area contributed by atoms with Crippen molar-refractivity contribution in [1.82, 2.24) is 24.8 Å². The number of morpholine rings is 1. The number of hydrogen-bond acceptors (Lipinski definition) is 10. The molecule has 3 aromatic rings. The van der Waals surface area contributed by atoms with E-state index in [-0.39, 0.29) is 24.2 Å². The number of carbonyl (C=O) groups excluding carboxylic acids is 1. The van der Waals surface area contributed by atoms with Crippen LogP contribution in [0.3, 0.4) is 0 Å². The van der Waals surface area contributed by atoms with E-state index in [2.05, 4.69) is 41.8 Å². The van der Waals surface area contributed by atoms with E-state index in [0.29, 0.717) is 61.6 Å². The molecule has 14 heteroatoms. The molecule has 0 aliphatic carbocycles. The van der Waals surface area contributed by atoms with Gasteiger partial charge in [-0.1, -0.05) is 33.5 Å². The SMILES string of the molecule is CC[C@H]1COCCN1c1cc(CS(=O)(=O)CC)nc(-c2ccc3c(cc(COC(=O)NC)n3COCC[Si](C)(C)C)n2)n1. The van der Waals surface area contributed by atoms with Gasteiger partial charge in [0.25, 0.3) is 0 Å². The van der Waals surface area contributed by atoms with Crippen LogP contribution < -0.4 is 10.2 Å². The van der Waals surface area contributed by atoms with Crippen LogP contribution in [0, 0.1) is 0 Å². The summed E-state index contributed by atoms with van der Waals surface area (Å²) >= 11 is 0. The molecule has 1 saturated heterocycles. The Morgan fingerprint density at radius 3 is 2.65 bits per heavy atom. The molecule has 0 saturated carbocycles. The van der Waals surface area contributed by atoms with Crippen LogP contribution in [0.2, 0.25) is 25.7 Å². The standard InChI is InChI=1S/C29H44N6O6SSi/c1-7-22-17-39-12-11-34(22)27-15-21(19-42(37,38)8-2)31-28(33-27)24-9-10-26-25(32-24)16-23(18-41-29(36)30-3)35(26)20-40-13-14-43(4,5)6/h9-10,15-16,22H,7-8,11-14,17-20H2,1-6H3,(H,30,36)/t22-/m0/s1. The fraction of sp³-hybridized carbons (Fsp3) is 0.586. The molecular weight excluding hydrogens is 589 g/mol. The smallest absolute Gasteiger partial charge is 0.407 e. The number of ether oxygens (including phenoxy) is 3. The van der Waals surface area contributed by atoms with Crippen LogP contribution in [-0.2, 0) is 43.1 Å². The molecular formula is C29H44N6O6SSi. The first kappa shape index (κ1) is 32.8. The van der Waals surface area contributed by atoms with Gasteiger partial charge in [0.05, 0.1) is 47.4 Å². The Balaban J connectivity index is 1.73. The lowest BCUT2D eigenvalue weighted by atomic mass is 10.1. The summed E-state index contributed by atoms with van der Waals surface area (Å²) in [4.78, 5) is 28.4. The Hall–Kier alpha value is -3.07. The zero-order chi connectivity index (χ0) is 31.2. The van der Waals surface area contributed by atoms with Crippen LogP contribution in [0.1, 0.15) is 31.7 Å². The van der Waals surface area contributed by atoms with Crippen LogP contribution in [-0.4, -0.2) is 87.3 Å². The lowest BCUT2D eigenvalue weighted by molar-refractivity contribution is 0.0828. The van der Waals surface area contributed by atoms with Crippen molar-refractivity contribution in [3.63, 3.8) is 0 Å². The number of carbonyl (C=O) groups is 1. The van der Waals surface area contributed by atoms with E-state index in [1.807, 2.05) is 22.8 Å². The minimum Gasteiger partial charge on any atom is -0.443 e. The van der Waals surface area contributed by atoms with Gasteiger partial charge in [-0.2, -0.15) is 0 Å². The predicted molar refractivity (Wildman–Crippen MR) is 170 cm³/mol. The lowest BCUT2D eigenvalue weighted by Crippen LogP contribution is -2.45. The van der Waals surface area contributed by atoms with Crippen LogP contribution in [0.4, 0.5) is 10.6 Å². The summed E-state index contributed by atoms with van der Waals surface area (Å²) in [5.41, 5.74) is 3.16. The van der Waals surface area contributed by atoms with Crippen molar-refractivity contribution in [1.29, 1.82) is 0 Å². The van der Waals surface area contributed by atoms with Crippen LogP contribution in [0.15, 0.2) is 24.3 Å². The molecule has 12 nitrogen and oxygen atoms in total. The minimum absolute atomic E-state index is 0.0233. The highest BCUT2D eigenvalue weighted by molar-refractivity contribution is 7.90. The van der Waals surface area contributed by atoms with E-state index in [0.717, 1.165) is 23.7 Å². The van der Waals surface area contributed by atoms with Crippen molar-refractivity contribution in [3.8, 4) is 11.5 Å². The van der Waals surface area contributed by atoms with Gasteiger partial charge in [-0.15, -0.1) is 0 Å². The highest BCUT2D eigenvalue weighted by Gasteiger charge is 2.25. The summed E-state index contributed by atoms with van der Waals surface area (Å²) in [5.74, 6) is 0.859. The van der Waals surface area contributed by atoms with Gasteiger partial charge >= 0.3 is 6.09 Å². The summed E-state index contributed by atoms with van der Waals surface area (Å²) in [5, 5.41) is 2.47. The van der Waals surface area contributed by atoms with Crippen LogP contribution in [0.25, 0.3) is 22.6 Å². The lowest BCUT2D eigenvalue weighted by Gasteiger charge is -2.36. The Morgan fingerprint density at radius 2 is 1.95 bits per heavy atom. The Kier molecular flexibility index (Phi) is 10.8. The number of pyridine rings is 1. The number of rotatable bonds is 13. The predicted octanol–water partition coefficient (Wildman–Crippen LogP) is 4.21. The minimum atomic E-state index is -3.33. The van der Waals surface area contributed by atoms with E-state index in [1.54, 1.807) is 13.0 Å². The number of anilines is 1. The number of nitrogens with zero attached hydrogens (tertiary/aromatic N) is 5. The number of nitrogens with one attached hydrogen (secondary N) is 1. The number of amides is 1. The maximum Gasteiger partial charge on any atom is 0.407 e. The zero-order valence-corrected chi connectivity index (χ0v) is 27.9. The van der Waals surface area contributed by atoms with Crippen molar-refractivity contribution in [3.05, 3.63) is 35.7 Å². The monoisotopic (exact) mass is 632 g/mol. The van der Waals surface area contributed by atoms with Gasteiger partial charge in [0.2, 0.25) is 0 Å². The second kappa shape index (κ2) is 14.1. The quantitative estimate of drug-likeness (QED) is 0.215. The maximum atomic E-state index is 12.6. The second-order valence-electron chi connectivity index (χ2n) is 11.9. The molecule has 1 aliphatic rings. The van der Waals surface area contributed by atoms with Crippen molar-refractivity contribution in [2.24, 2.45) is 0 Å². The first-order chi connectivity index (χ1) is 20.4. The molecule has 1 amide bonds. The topological polar surface area (TPSA) is 138 Å². The summed E-state index contributed by atoms with van der Waals surface area (Å²) in [7, 11) is -3.07. The largest absolute Gasteiger partial charge is 0.443 e. The van der Waals surface area contributed by atoms with E-state index in [1.165, 1.54) is 7.05 Å². The summed E-state index contributed by atoms with van der Waals surface area (Å²) in [6.45, 7) is 13.4. The molecule has 0 unspecified atom stereocenters. The van der Waals surface area contributed by atoms with Gasteiger partial charge in [0.15, 0.2) is 15.7 Å². The highest BCUT2D eigenvalue weighted by atomic mass is 32.2. The molecule has 0 aromatic carbocycles. The molecule has 1 atom stereocenters. The van der Waals surface area contributed by atoms with Gasteiger partial charge in [-0.3, -0.25) is 0 Å². The third-order valence-electron chi connectivity index (χ3n) is 7.41. The molecule has 4 heterocycles. The van der Waals surface area contributed by atoms with E-state index < -0.39 is 24.0 Å². The van der Waals surface area contributed by atoms with Crippen molar-refractivity contribution >= 4 is 40.9 Å². The number of hydrogen-bond donors (Lipinski definition) is 1. The Bertz CT molecular complexity index is 1520. The van der Waals surface area contributed by atoms with Gasteiger partial charge < -0.3 is 29.0 Å². The molecule has 4 rings (SSSR count). The highest BCUT2D eigenvalue weighted by Crippen LogP contribution is 2.27. The first-order valence-corrected chi connectivity index (χ1v) is 20.3. The molecule has 1 N–H and O–H groups in total. The van der Waals surface area contributed by atoms with Crippen LogP contribution in [0.5, 0.6) is 0 Å². The second-order valence-corrected chi connectivity index (χ2v) is 19.9. The van der Waals surface area contributed by atoms with Crippen molar-refractivity contribution < 1.29 is 27.4 Å². The molecule has 1 aliphatic heterocycles. The average molecular weight is 633 g/mol. The first-order valence-electron chi connectivity index (χ1n) is 14.8. The van der Waals surface area contributed by atoms with E-state index in [4.69, 9.17) is 24.2 Å². The Morgan fingerprint density at radius 1 is 1.16 bits per heavy atom. The zero-order valence-electron chi connectivity index (χ0n) is 26.1. The molecule has 236 valence electrons. The number of sulfone groups is 1. The molecule has 0 spiro atoms. The summed E-state index contributed by atoms with van der Waals surface area (Å²) in [6.07, 6.45) is 0.332. The van der Waals surface area contributed by atoms with Crippen molar-refractivity contribution in [2.75, 3.05) is 44.1 Å².